The van der Waals surface area contributed by atoms with Gasteiger partial charge < -0.3 is 42.4 Å². The molecule has 3 aromatic carbocycles. The highest BCUT2D eigenvalue weighted by Gasteiger charge is 2.42. The summed E-state index contributed by atoms with van der Waals surface area (Å²) < 4.78 is 12.2. The second-order valence-electron chi connectivity index (χ2n) is 10.3. The number of hydrogen-bond donors (Lipinski definition) is 7. The van der Waals surface area contributed by atoms with Crippen LogP contribution in [0.15, 0.2) is 93.3 Å². The molecule has 3 aliphatic heterocycles. The van der Waals surface area contributed by atoms with E-state index in [0.717, 1.165) is 11.3 Å². The van der Waals surface area contributed by atoms with Crippen LogP contribution in [0.5, 0.6) is 11.5 Å². The number of carboxylic acids is 1. The number of hydrogen-bond acceptors (Lipinski definition) is 10. The molecule has 0 radical (unpaired) electrons. The van der Waals surface area contributed by atoms with Crippen LogP contribution in [0.1, 0.15) is 27.4 Å². The number of nitrogens with two attached hydrogens (primary N) is 3. The summed E-state index contributed by atoms with van der Waals surface area (Å²) in [5.74, 6) is -2.15. The summed E-state index contributed by atoms with van der Waals surface area (Å²) in [6.07, 6.45) is 0. The molecule has 1 amide bonds. The second kappa shape index (κ2) is 11.4. The van der Waals surface area contributed by atoms with Crippen molar-refractivity contribution < 1.29 is 24.2 Å². The van der Waals surface area contributed by atoms with Gasteiger partial charge in [-0.05, 0) is 35.9 Å². The average Bonchev–Trinajstić information content (AvgIpc) is 3.43. The lowest BCUT2D eigenvalue weighted by atomic mass is 9.92. The molecule has 0 fully saturated rings. The van der Waals surface area contributed by atoms with E-state index in [1.165, 1.54) is 18.2 Å². The Bertz CT molecular complexity index is 1880. The first-order valence-corrected chi connectivity index (χ1v) is 13.6. The first kappa shape index (κ1) is 28.7. The summed E-state index contributed by atoms with van der Waals surface area (Å²) in [4.78, 5) is 40.6. The number of carboxylic acid groups (broad SMARTS) is 1. The number of amidine groups is 3. The predicted molar refractivity (Wildman–Crippen MR) is 167 cm³/mol. The third-order valence-electron chi connectivity index (χ3n) is 7.29. The lowest BCUT2D eigenvalue weighted by molar-refractivity contribution is -0.122. The molecular weight excluding hydrogens is 580 g/mol. The quantitative estimate of drug-likeness (QED) is 0.151. The van der Waals surface area contributed by atoms with E-state index in [2.05, 4.69) is 20.6 Å². The molecule has 0 bridgehead atoms. The van der Waals surface area contributed by atoms with E-state index in [0.29, 0.717) is 18.0 Å². The molecule has 3 aromatic rings. The van der Waals surface area contributed by atoms with Crippen LogP contribution in [-0.4, -0.2) is 65.2 Å². The fraction of sp³-hybridized carbons (Fsp3) is 0.133. The van der Waals surface area contributed by atoms with Gasteiger partial charge in [0.05, 0.1) is 5.69 Å². The average molecular weight is 609 g/mol. The Kier molecular flexibility index (Phi) is 7.26. The standard InChI is InChI=1S/C30H28N10O5/c1-40-25-23(38-26(41)22(37-25)19-13-35-20-8-3-2-7-17(19)20)27(45-21-11-14(24(31)32)9-10-18(21)28(42)43)39-30(40)44-16-6-4-5-15(12-16)36-29(33)34/h2-12,19,22,35H,13H2,1H3,(H3,31,32)(H,38,41)(H,42,43)(H4,33,34,36). The Morgan fingerprint density at radius 1 is 1.09 bits per heavy atom. The van der Waals surface area contributed by atoms with Gasteiger partial charge in [-0.3, -0.25) is 20.1 Å². The van der Waals surface area contributed by atoms with Crippen LogP contribution >= 0.6 is 0 Å². The lowest BCUT2D eigenvalue weighted by Gasteiger charge is -2.34. The molecule has 10 N–H and O–H groups in total. The Hall–Kier alpha value is -6.38. The van der Waals surface area contributed by atoms with Gasteiger partial charge in [-0.25, -0.2) is 9.79 Å². The van der Waals surface area contributed by atoms with Crippen LogP contribution < -0.4 is 37.3 Å². The molecule has 2 atom stereocenters. The number of likely N-dealkylation sites (N-methyl/N-ethyl adjacent to an activating group) is 1. The Labute approximate surface area is 256 Å². The van der Waals surface area contributed by atoms with Crippen molar-refractivity contribution in [2.75, 3.05) is 18.9 Å². The lowest BCUT2D eigenvalue weighted by Crippen LogP contribution is -2.52. The largest absolute Gasteiger partial charge is 0.478 e. The van der Waals surface area contributed by atoms with Crippen molar-refractivity contribution in [3.63, 3.8) is 0 Å². The molecule has 6 rings (SSSR count). The number of guanidine groups is 1. The molecule has 228 valence electrons. The number of benzene rings is 3. The predicted octanol–water partition coefficient (Wildman–Crippen LogP) is 1.61. The van der Waals surface area contributed by atoms with Crippen molar-refractivity contribution in [1.82, 2.24) is 10.2 Å². The number of nitrogens with one attached hydrogen (secondary N) is 3. The molecule has 45 heavy (non-hydrogen) atoms. The van der Waals surface area contributed by atoms with Gasteiger partial charge >= 0.3 is 12.0 Å². The number of ether oxygens (including phenoxy) is 2. The Morgan fingerprint density at radius 3 is 2.64 bits per heavy atom. The van der Waals surface area contributed by atoms with Crippen molar-refractivity contribution in [3.8, 4) is 11.5 Å². The van der Waals surface area contributed by atoms with E-state index >= 15 is 0 Å². The summed E-state index contributed by atoms with van der Waals surface area (Å²) >= 11 is 0. The van der Waals surface area contributed by atoms with Gasteiger partial charge in [0.15, 0.2) is 11.8 Å². The van der Waals surface area contributed by atoms with E-state index < -0.39 is 17.9 Å². The molecule has 0 aliphatic carbocycles. The topological polar surface area (TPSA) is 239 Å². The van der Waals surface area contributed by atoms with E-state index in [1.54, 1.807) is 36.2 Å². The number of amides is 1. The number of aromatic carboxylic acids is 1. The summed E-state index contributed by atoms with van der Waals surface area (Å²) in [6.45, 7) is 0.495. The number of carbonyl (C=O) groups excluding carboxylic acids is 1. The maximum atomic E-state index is 13.6. The van der Waals surface area contributed by atoms with Crippen LogP contribution in [0.25, 0.3) is 0 Å². The maximum Gasteiger partial charge on any atom is 0.339 e. The number of aliphatic imine (C=N–C) groups is 3. The fourth-order valence-electron chi connectivity index (χ4n) is 5.18. The van der Waals surface area contributed by atoms with Crippen LogP contribution in [0.2, 0.25) is 0 Å². The molecule has 15 nitrogen and oxygen atoms in total. The third kappa shape index (κ3) is 5.56. The van der Waals surface area contributed by atoms with Crippen LogP contribution in [-0.2, 0) is 4.79 Å². The number of anilines is 1. The zero-order valence-electron chi connectivity index (χ0n) is 23.8. The molecule has 0 aromatic heterocycles. The molecule has 0 saturated heterocycles. The van der Waals surface area contributed by atoms with E-state index in [1.807, 2.05) is 24.3 Å². The smallest absolute Gasteiger partial charge is 0.339 e. The Morgan fingerprint density at radius 2 is 1.89 bits per heavy atom. The summed E-state index contributed by atoms with van der Waals surface area (Å²) in [6, 6.07) is 17.5. The molecular formula is C30H28N10O5. The molecule has 3 aliphatic rings. The maximum absolute atomic E-state index is 13.6. The fourth-order valence-corrected chi connectivity index (χ4v) is 5.18. The molecule has 0 spiro atoms. The highest BCUT2D eigenvalue weighted by Crippen LogP contribution is 2.37. The van der Waals surface area contributed by atoms with Crippen LogP contribution in [0.3, 0.4) is 0 Å². The minimum Gasteiger partial charge on any atom is -0.478 e. The minimum atomic E-state index is -1.29. The number of para-hydroxylation sites is 1. The van der Waals surface area contributed by atoms with Gasteiger partial charge in [-0.1, -0.05) is 30.3 Å². The summed E-state index contributed by atoms with van der Waals surface area (Å²) in [5, 5.41) is 23.8. The molecule has 2 unspecified atom stereocenters. The summed E-state index contributed by atoms with van der Waals surface area (Å²) in [5.41, 5.74) is 19.1. The zero-order chi connectivity index (χ0) is 31.8. The van der Waals surface area contributed by atoms with Crippen LogP contribution in [0.4, 0.5) is 11.4 Å². The molecule has 0 saturated carbocycles. The number of carbonyl (C=O) groups is 2. The Balaban J connectivity index is 1.45. The SMILES string of the molecule is CN1C(Oc2cccc(N=C(N)N)c2)=NC(Oc2cc(C(=N)N)ccc2C(=O)O)=C2NC(=O)C(C3CNc4ccccc43)N=C21. The highest BCUT2D eigenvalue weighted by atomic mass is 16.5. The van der Waals surface area contributed by atoms with Crippen molar-refractivity contribution in [2.45, 2.75) is 12.0 Å². The molecule has 3 heterocycles. The normalized spacial score (nSPS) is 18.4. The van der Waals surface area contributed by atoms with Crippen molar-refractivity contribution >= 4 is 46.9 Å². The van der Waals surface area contributed by atoms with Gasteiger partial charge in [-0.15, -0.1) is 0 Å². The van der Waals surface area contributed by atoms with E-state index in [4.69, 9.17) is 37.1 Å². The minimum absolute atomic E-state index is 0.00575. The van der Waals surface area contributed by atoms with Gasteiger partial charge in [0, 0.05) is 36.8 Å². The van der Waals surface area contributed by atoms with E-state index in [-0.39, 0.29) is 58.0 Å². The highest BCUT2D eigenvalue weighted by molar-refractivity contribution is 6.14. The number of fused-ring (bicyclic) bond motifs is 2. The molecule has 15 heteroatoms. The monoisotopic (exact) mass is 608 g/mol. The first-order chi connectivity index (χ1) is 21.6. The number of rotatable bonds is 7. The van der Waals surface area contributed by atoms with Crippen molar-refractivity contribution in [2.24, 2.45) is 32.2 Å². The van der Waals surface area contributed by atoms with Crippen molar-refractivity contribution in [3.05, 3.63) is 95.0 Å². The number of nitrogens with zero attached hydrogens (tertiary/aromatic N) is 4. The zero-order valence-corrected chi connectivity index (χ0v) is 23.8. The van der Waals surface area contributed by atoms with Gasteiger partial charge in [0.25, 0.3) is 5.88 Å². The third-order valence-corrected chi connectivity index (χ3v) is 7.29. The van der Waals surface area contributed by atoms with Crippen molar-refractivity contribution in [1.29, 1.82) is 5.41 Å². The van der Waals surface area contributed by atoms with Gasteiger partial charge in [0.2, 0.25) is 5.91 Å². The van der Waals surface area contributed by atoms with Gasteiger partial charge in [0.1, 0.15) is 34.6 Å². The second-order valence-corrected chi connectivity index (χ2v) is 10.3. The van der Waals surface area contributed by atoms with E-state index in [9.17, 15) is 14.7 Å². The number of nitrogen functional groups attached to an aromatic ring is 1. The van der Waals surface area contributed by atoms with Gasteiger partial charge in [-0.2, -0.15) is 4.99 Å². The van der Waals surface area contributed by atoms with Crippen LogP contribution in [0, 0.1) is 5.41 Å². The summed E-state index contributed by atoms with van der Waals surface area (Å²) in [7, 11) is 1.66. The first-order valence-electron chi connectivity index (χ1n) is 13.6.